The quantitative estimate of drug-likeness (QED) is 0.681. The van der Waals surface area contributed by atoms with Crippen molar-refractivity contribution in [2.75, 3.05) is 0 Å². The van der Waals surface area contributed by atoms with Crippen molar-refractivity contribution in [1.82, 2.24) is 14.5 Å². The van der Waals surface area contributed by atoms with Gasteiger partial charge in [0, 0.05) is 25.1 Å². The van der Waals surface area contributed by atoms with Gasteiger partial charge in [-0.3, -0.25) is 9.97 Å². The van der Waals surface area contributed by atoms with Crippen molar-refractivity contribution in [3.8, 4) is 11.4 Å². The van der Waals surface area contributed by atoms with E-state index in [1.54, 1.807) is 0 Å². The third-order valence-electron chi connectivity index (χ3n) is 3.51. The van der Waals surface area contributed by atoms with Gasteiger partial charge >= 0.3 is 0 Å². The van der Waals surface area contributed by atoms with Crippen LogP contribution in [0.25, 0.3) is 23.5 Å². The molecule has 0 aromatic carbocycles. The number of halogens is 1. The first-order chi connectivity index (χ1) is 10.6. The summed E-state index contributed by atoms with van der Waals surface area (Å²) in [6.45, 7) is 2.03. The molecule has 110 valence electrons. The Balaban J connectivity index is 1.79. The smallest absolute Gasteiger partial charge is 0.0886 e. The van der Waals surface area contributed by atoms with Gasteiger partial charge in [0.2, 0.25) is 0 Å². The summed E-state index contributed by atoms with van der Waals surface area (Å²) in [5, 5.41) is 0. The fraction of sp³-hybridized carbons (Fsp3) is 0.111. The number of hydrogen-bond donors (Lipinski definition) is 0. The number of hydrogen-bond acceptors (Lipinski definition) is 2. The molecule has 4 heteroatoms. The molecule has 0 bridgehead atoms. The lowest BCUT2D eigenvalue weighted by molar-refractivity contribution is 0.890. The summed E-state index contributed by atoms with van der Waals surface area (Å²) in [6, 6.07) is 12.2. The molecule has 0 fully saturated rings. The lowest BCUT2D eigenvalue weighted by Gasteiger charge is -2.01. The van der Waals surface area contributed by atoms with E-state index in [1.165, 1.54) is 0 Å². The number of pyridine rings is 2. The molecule has 0 aliphatic carbocycles. The van der Waals surface area contributed by atoms with Crippen molar-refractivity contribution in [2.24, 2.45) is 7.05 Å². The molecule has 3 rings (SSSR count). The minimum atomic E-state index is 0.888. The van der Waals surface area contributed by atoms with E-state index in [-0.39, 0.29) is 0 Å². The van der Waals surface area contributed by atoms with E-state index in [2.05, 4.69) is 54.7 Å². The lowest BCUT2D eigenvalue weighted by Crippen LogP contribution is -1.90. The highest BCUT2D eigenvalue weighted by atomic mass is 79.9. The Morgan fingerprint density at radius 2 is 1.64 bits per heavy atom. The van der Waals surface area contributed by atoms with E-state index >= 15 is 0 Å². The van der Waals surface area contributed by atoms with E-state index < -0.39 is 0 Å². The van der Waals surface area contributed by atoms with Gasteiger partial charge in [0.15, 0.2) is 0 Å². The fourth-order valence-corrected chi connectivity index (χ4v) is 2.46. The first-order valence-corrected chi connectivity index (χ1v) is 7.81. The predicted octanol–water partition coefficient (Wildman–Crippen LogP) is 4.72. The van der Waals surface area contributed by atoms with Gasteiger partial charge in [-0.2, -0.15) is 0 Å². The van der Waals surface area contributed by atoms with Crippen LogP contribution in [0.15, 0.2) is 53.4 Å². The molecule has 3 aromatic rings. The third kappa shape index (κ3) is 3.17. The number of aromatic nitrogens is 3. The third-order valence-corrected chi connectivity index (χ3v) is 4.30. The molecule has 3 heterocycles. The van der Waals surface area contributed by atoms with Crippen molar-refractivity contribution in [3.05, 3.63) is 70.2 Å². The average molecular weight is 354 g/mol. The van der Waals surface area contributed by atoms with Gasteiger partial charge in [0.1, 0.15) is 0 Å². The van der Waals surface area contributed by atoms with Crippen LogP contribution >= 0.6 is 15.9 Å². The monoisotopic (exact) mass is 353 g/mol. The second kappa shape index (κ2) is 6.28. The fourth-order valence-electron chi connectivity index (χ4n) is 2.12. The Morgan fingerprint density at radius 1 is 0.909 bits per heavy atom. The molecular weight excluding hydrogens is 338 g/mol. The molecule has 0 unspecified atom stereocenters. The van der Waals surface area contributed by atoms with Gasteiger partial charge in [0.25, 0.3) is 0 Å². The molecule has 0 spiro atoms. The van der Waals surface area contributed by atoms with Crippen molar-refractivity contribution in [1.29, 1.82) is 0 Å². The maximum Gasteiger partial charge on any atom is 0.0886 e. The second-order valence-electron chi connectivity index (χ2n) is 5.17. The Labute approximate surface area is 138 Å². The summed E-state index contributed by atoms with van der Waals surface area (Å²) in [5.41, 5.74) is 5.13. The van der Waals surface area contributed by atoms with Gasteiger partial charge in [0.05, 0.1) is 16.0 Å². The van der Waals surface area contributed by atoms with Crippen molar-refractivity contribution >= 4 is 28.1 Å². The van der Waals surface area contributed by atoms with Crippen LogP contribution in [0.4, 0.5) is 0 Å². The summed E-state index contributed by atoms with van der Waals surface area (Å²) in [6.07, 6.45) is 7.86. The summed E-state index contributed by atoms with van der Waals surface area (Å²) in [4.78, 5) is 8.89. The zero-order valence-electron chi connectivity index (χ0n) is 12.5. The molecule has 3 nitrogen and oxygen atoms in total. The Bertz CT molecular complexity index is 799. The SMILES string of the molecule is Cc1ccc(-c2ccc(/C=C/c3ccc(Br)n3C)cn2)nc1. The summed E-state index contributed by atoms with van der Waals surface area (Å²) < 4.78 is 3.14. The van der Waals surface area contributed by atoms with E-state index in [1.807, 2.05) is 50.6 Å². The molecule has 0 saturated carbocycles. The molecule has 3 aromatic heterocycles. The number of nitrogens with zero attached hydrogens (tertiary/aromatic N) is 3. The largest absolute Gasteiger partial charge is 0.339 e. The van der Waals surface area contributed by atoms with Gasteiger partial charge in [-0.05, 0) is 64.3 Å². The van der Waals surface area contributed by atoms with Gasteiger partial charge in [-0.1, -0.05) is 18.2 Å². The number of rotatable bonds is 3. The Morgan fingerprint density at radius 3 is 2.18 bits per heavy atom. The van der Waals surface area contributed by atoms with Crippen molar-refractivity contribution < 1.29 is 0 Å². The molecule has 0 amide bonds. The topological polar surface area (TPSA) is 30.7 Å². The summed E-state index contributed by atoms with van der Waals surface area (Å²) in [5.74, 6) is 0. The zero-order chi connectivity index (χ0) is 15.5. The normalized spacial score (nSPS) is 11.2. The van der Waals surface area contributed by atoms with Crippen LogP contribution < -0.4 is 0 Å². The van der Waals surface area contributed by atoms with Gasteiger partial charge in [-0.15, -0.1) is 0 Å². The molecule has 0 radical (unpaired) electrons. The predicted molar refractivity (Wildman–Crippen MR) is 94.2 cm³/mol. The standard InChI is InChI=1S/C18H16BrN3/c1-13-3-8-16(20-11-13)17-9-5-14(12-21-17)4-6-15-7-10-18(19)22(15)2/h3-12H,1-2H3/b6-4+. The van der Waals surface area contributed by atoms with Crippen LogP contribution in [0.5, 0.6) is 0 Å². The first-order valence-electron chi connectivity index (χ1n) is 7.02. The molecule has 0 atom stereocenters. The van der Waals surface area contributed by atoms with E-state index in [0.717, 1.165) is 32.8 Å². The van der Waals surface area contributed by atoms with E-state index in [0.29, 0.717) is 0 Å². The lowest BCUT2D eigenvalue weighted by atomic mass is 10.2. The van der Waals surface area contributed by atoms with Gasteiger partial charge in [-0.25, -0.2) is 0 Å². The molecule has 22 heavy (non-hydrogen) atoms. The zero-order valence-corrected chi connectivity index (χ0v) is 14.1. The summed E-state index contributed by atoms with van der Waals surface area (Å²) >= 11 is 3.49. The second-order valence-corrected chi connectivity index (χ2v) is 5.98. The van der Waals surface area contributed by atoms with Crippen LogP contribution in [0.2, 0.25) is 0 Å². The summed E-state index contributed by atoms with van der Waals surface area (Å²) in [7, 11) is 2.02. The molecule has 0 aliphatic heterocycles. The van der Waals surface area contributed by atoms with E-state index in [4.69, 9.17) is 0 Å². The molecule has 0 saturated heterocycles. The maximum absolute atomic E-state index is 4.49. The molecular formula is C18H16BrN3. The van der Waals surface area contributed by atoms with Crippen molar-refractivity contribution in [2.45, 2.75) is 6.92 Å². The van der Waals surface area contributed by atoms with Gasteiger partial charge < -0.3 is 4.57 Å². The van der Waals surface area contributed by atoms with Crippen LogP contribution in [0.1, 0.15) is 16.8 Å². The van der Waals surface area contributed by atoms with E-state index in [9.17, 15) is 0 Å². The molecule has 0 N–H and O–H groups in total. The Hall–Kier alpha value is -2.20. The first kappa shape index (κ1) is 14.7. The highest BCUT2D eigenvalue weighted by Crippen LogP contribution is 2.18. The van der Waals surface area contributed by atoms with Crippen LogP contribution in [0, 0.1) is 6.92 Å². The number of aryl methyl sites for hydroxylation is 1. The van der Waals surface area contributed by atoms with Crippen LogP contribution in [-0.4, -0.2) is 14.5 Å². The maximum atomic E-state index is 4.49. The van der Waals surface area contributed by atoms with Crippen molar-refractivity contribution in [3.63, 3.8) is 0 Å². The highest BCUT2D eigenvalue weighted by Gasteiger charge is 2.01. The molecule has 0 aliphatic rings. The van der Waals surface area contributed by atoms with Crippen LogP contribution in [-0.2, 0) is 7.05 Å². The minimum absolute atomic E-state index is 0.888. The Kier molecular flexibility index (Phi) is 4.20. The minimum Gasteiger partial charge on any atom is -0.339 e. The highest BCUT2D eigenvalue weighted by molar-refractivity contribution is 9.10. The average Bonchev–Trinajstić information content (AvgIpc) is 2.86. The van der Waals surface area contributed by atoms with Crippen LogP contribution in [0.3, 0.4) is 0 Å².